The maximum atomic E-state index is 11.8. The maximum absolute atomic E-state index is 11.8. The number of nitriles is 1. The van der Waals surface area contributed by atoms with E-state index in [1.54, 1.807) is 45.0 Å². The summed E-state index contributed by atoms with van der Waals surface area (Å²) in [6.07, 6.45) is 0.422. The van der Waals surface area contributed by atoms with Crippen molar-refractivity contribution < 1.29 is 19.6 Å². The van der Waals surface area contributed by atoms with E-state index in [1.165, 1.54) is 28.9 Å². The highest BCUT2D eigenvalue weighted by molar-refractivity contribution is 7.42. The molecule has 0 aliphatic heterocycles. The van der Waals surface area contributed by atoms with Crippen LogP contribution in [0, 0.1) is 31.6 Å². The molecule has 0 spiro atoms. The topological polar surface area (TPSA) is 154 Å². The highest BCUT2D eigenvalue weighted by atomic mass is 31.2. The molecule has 0 fully saturated rings. The summed E-state index contributed by atoms with van der Waals surface area (Å²) < 4.78 is 1.48. The van der Waals surface area contributed by atoms with Crippen molar-refractivity contribution in [3.05, 3.63) is 79.9 Å². The smallest absolute Gasteiger partial charge is 0.273 e. The molecular formula is C22H27N4O6P. The van der Waals surface area contributed by atoms with Gasteiger partial charge in [-0.05, 0) is 33.6 Å². The molecule has 0 aromatic heterocycles. The molecule has 0 heterocycles. The number of rotatable bonds is 11. The third-order valence-corrected chi connectivity index (χ3v) is 7.00. The molecular weight excluding hydrogens is 447 g/mol. The van der Waals surface area contributed by atoms with E-state index in [9.17, 15) is 35.3 Å². The second kappa shape index (κ2) is 11.3. The van der Waals surface area contributed by atoms with E-state index in [1.807, 2.05) is 0 Å². The zero-order valence-electron chi connectivity index (χ0n) is 18.7. The third-order valence-electron chi connectivity index (χ3n) is 5.67. The molecule has 0 saturated heterocycles. The standard InChI is InChI=1S/C22H27N4O6P/c1-16(2)24(33(31)32)22(3,13-8-14-23)15-19(17-9-4-6-11-20(17)25(27)28)18-10-5-7-12-21(18)26(29)30/h4-7,9-12,16,19,31-32H,8,13,15H2,1-3H3. The Morgan fingerprint density at radius 2 is 1.48 bits per heavy atom. The van der Waals surface area contributed by atoms with Crippen LogP contribution in [0.4, 0.5) is 11.4 Å². The van der Waals surface area contributed by atoms with Gasteiger partial charge in [0.2, 0.25) is 0 Å². The summed E-state index contributed by atoms with van der Waals surface area (Å²) in [5.74, 6) is -0.812. The molecule has 2 aromatic rings. The number of para-hydroxylation sites is 2. The zero-order chi connectivity index (χ0) is 24.8. The molecule has 0 bridgehead atoms. The van der Waals surface area contributed by atoms with Gasteiger partial charge in [-0.3, -0.25) is 20.2 Å². The van der Waals surface area contributed by atoms with Crippen molar-refractivity contribution in [2.45, 2.75) is 57.5 Å². The maximum Gasteiger partial charge on any atom is 0.273 e. The first kappa shape index (κ1) is 26.3. The largest absolute Gasteiger partial charge is 0.338 e. The van der Waals surface area contributed by atoms with Gasteiger partial charge in [0.25, 0.3) is 19.9 Å². The van der Waals surface area contributed by atoms with E-state index in [4.69, 9.17) is 0 Å². The Balaban J connectivity index is 2.79. The molecule has 1 unspecified atom stereocenters. The number of hydrogen-bond donors (Lipinski definition) is 2. The summed E-state index contributed by atoms with van der Waals surface area (Å²) in [4.78, 5) is 43.0. The lowest BCUT2D eigenvalue weighted by Gasteiger charge is -2.45. The first-order chi connectivity index (χ1) is 15.5. The molecule has 0 aliphatic rings. The number of nitro benzene ring substituents is 2. The van der Waals surface area contributed by atoms with Crippen LogP contribution in [-0.4, -0.2) is 35.9 Å². The molecule has 1 atom stereocenters. The molecule has 0 aliphatic carbocycles. The highest BCUT2D eigenvalue weighted by Gasteiger charge is 2.42. The normalized spacial score (nSPS) is 13.3. The van der Waals surface area contributed by atoms with Crippen LogP contribution >= 0.6 is 8.53 Å². The molecule has 10 nitrogen and oxygen atoms in total. The van der Waals surface area contributed by atoms with Crippen LogP contribution < -0.4 is 0 Å². The van der Waals surface area contributed by atoms with Crippen LogP contribution in [0.1, 0.15) is 57.1 Å². The summed E-state index contributed by atoms with van der Waals surface area (Å²) >= 11 is 0. The van der Waals surface area contributed by atoms with Crippen molar-refractivity contribution >= 4 is 19.9 Å². The van der Waals surface area contributed by atoms with Gasteiger partial charge in [-0.25, -0.2) is 4.67 Å². The SMILES string of the molecule is CC(C)N(P(O)O)C(C)(CCC#N)CC(c1ccccc1[N+](=O)[O-])c1ccccc1[N+](=O)[O-]. The summed E-state index contributed by atoms with van der Waals surface area (Å²) in [5, 5.41) is 32.8. The van der Waals surface area contributed by atoms with E-state index in [0.29, 0.717) is 0 Å². The molecule has 11 heteroatoms. The number of benzene rings is 2. The third kappa shape index (κ3) is 6.09. The van der Waals surface area contributed by atoms with Gasteiger partial charge in [0, 0.05) is 47.2 Å². The van der Waals surface area contributed by atoms with E-state index < -0.39 is 29.8 Å². The van der Waals surface area contributed by atoms with E-state index >= 15 is 0 Å². The van der Waals surface area contributed by atoms with Gasteiger partial charge in [0.15, 0.2) is 0 Å². The van der Waals surface area contributed by atoms with Gasteiger partial charge >= 0.3 is 0 Å². The Morgan fingerprint density at radius 1 is 1.03 bits per heavy atom. The van der Waals surface area contributed by atoms with Crippen LogP contribution in [0.5, 0.6) is 0 Å². The average molecular weight is 474 g/mol. The van der Waals surface area contributed by atoms with Gasteiger partial charge in [-0.1, -0.05) is 36.4 Å². The molecule has 176 valence electrons. The Morgan fingerprint density at radius 3 is 1.85 bits per heavy atom. The lowest BCUT2D eigenvalue weighted by Crippen LogP contribution is -2.47. The van der Waals surface area contributed by atoms with Gasteiger partial charge in [-0.15, -0.1) is 0 Å². The van der Waals surface area contributed by atoms with E-state index in [-0.39, 0.29) is 47.8 Å². The predicted octanol–water partition coefficient (Wildman–Crippen LogP) is 5.01. The Labute approximate surface area is 193 Å². The first-order valence-corrected chi connectivity index (χ1v) is 11.5. The monoisotopic (exact) mass is 474 g/mol. The highest BCUT2D eigenvalue weighted by Crippen LogP contribution is 2.49. The summed E-state index contributed by atoms with van der Waals surface area (Å²) in [7, 11) is -2.56. The minimum atomic E-state index is -2.56. The van der Waals surface area contributed by atoms with Gasteiger partial charge in [0.05, 0.1) is 15.9 Å². The summed E-state index contributed by atoms with van der Waals surface area (Å²) in [6.45, 7) is 5.30. The summed E-state index contributed by atoms with van der Waals surface area (Å²) in [6, 6.07) is 13.8. The lowest BCUT2D eigenvalue weighted by molar-refractivity contribution is -0.386. The van der Waals surface area contributed by atoms with Crippen molar-refractivity contribution in [2.24, 2.45) is 0 Å². The lowest BCUT2D eigenvalue weighted by atomic mass is 9.77. The minimum Gasteiger partial charge on any atom is -0.338 e. The Bertz CT molecular complexity index is 976. The fraction of sp³-hybridized carbons (Fsp3) is 0.409. The quantitative estimate of drug-likeness (QED) is 0.262. The molecule has 0 saturated carbocycles. The molecule has 2 N–H and O–H groups in total. The van der Waals surface area contributed by atoms with Gasteiger partial charge in [-0.2, -0.15) is 5.26 Å². The van der Waals surface area contributed by atoms with E-state index in [2.05, 4.69) is 6.07 Å². The van der Waals surface area contributed by atoms with Crippen molar-refractivity contribution in [1.29, 1.82) is 5.26 Å². The second-order valence-corrected chi connectivity index (χ2v) is 9.22. The van der Waals surface area contributed by atoms with Gasteiger partial charge in [0.1, 0.15) is 0 Å². The second-order valence-electron chi connectivity index (χ2n) is 8.25. The van der Waals surface area contributed by atoms with Crippen molar-refractivity contribution in [1.82, 2.24) is 4.67 Å². The Kier molecular flexibility index (Phi) is 8.97. The van der Waals surface area contributed by atoms with Crippen LogP contribution in [-0.2, 0) is 0 Å². The van der Waals surface area contributed by atoms with Crippen LogP contribution in [0.25, 0.3) is 0 Å². The van der Waals surface area contributed by atoms with Crippen molar-refractivity contribution in [3.63, 3.8) is 0 Å². The fourth-order valence-electron chi connectivity index (χ4n) is 4.41. The molecule has 0 amide bonds. The molecule has 2 aromatic carbocycles. The first-order valence-electron chi connectivity index (χ1n) is 10.3. The number of hydrogen-bond acceptors (Lipinski definition) is 8. The Hall–Kier alpha value is -2.96. The van der Waals surface area contributed by atoms with Crippen molar-refractivity contribution in [3.8, 4) is 6.07 Å². The van der Waals surface area contributed by atoms with Crippen molar-refractivity contribution in [2.75, 3.05) is 0 Å². The minimum absolute atomic E-state index is 0.0858. The van der Waals surface area contributed by atoms with Gasteiger partial charge < -0.3 is 9.79 Å². The molecule has 2 rings (SSSR count). The number of nitro groups is 2. The zero-order valence-corrected chi connectivity index (χ0v) is 19.6. The number of nitrogens with zero attached hydrogens (tertiary/aromatic N) is 4. The predicted molar refractivity (Wildman–Crippen MR) is 124 cm³/mol. The van der Waals surface area contributed by atoms with Crippen LogP contribution in [0.3, 0.4) is 0 Å². The van der Waals surface area contributed by atoms with Crippen LogP contribution in [0.2, 0.25) is 0 Å². The fourth-order valence-corrected chi connectivity index (χ4v) is 5.43. The molecule has 33 heavy (non-hydrogen) atoms. The van der Waals surface area contributed by atoms with Crippen LogP contribution in [0.15, 0.2) is 48.5 Å². The summed E-state index contributed by atoms with van der Waals surface area (Å²) in [5.41, 5.74) is -0.811. The van der Waals surface area contributed by atoms with E-state index in [0.717, 1.165) is 0 Å². The average Bonchev–Trinajstić information content (AvgIpc) is 2.75. The molecule has 0 radical (unpaired) electrons.